The Bertz CT molecular complexity index is 982. The Balaban J connectivity index is 2.50. The van der Waals surface area contributed by atoms with Crippen LogP contribution in [0, 0.1) is 0 Å². The molecule has 3 rings (SSSR count). The van der Waals surface area contributed by atoms with Crippen LogP contribution < -0.4 is 11.2 Å². The van der Waals surface area contributed by atoms with E-state index in [0.29, 0.717) is 16.3 Å². The van der Waals surface area contributed by atoms with Crippen molar-refractivity contribution in [1.29, 1.82) is 0 Å². The molecule has 0 radical (unpaired) electrons. The van der Waals surface area contributed by atoms with Crippen LogP contribution in [0.4, 0.5) is 0 Å². The van der Waals surface area contributed by atoms with Gasteiger partial charge in [0.25, 0.3) is 5.56 Å². The van der Waals surface area contributed by atoms with E-state index in [1.807, 2.05) is 0 Å². The van der Waals surface area contributed by atoms with Crippen LogP contribution in [-0.4, -0.2) is 19.2 Å². The molecular weight excluding hydrogens is 294 g/mol. The van der Waals surface area contributed by atoms with Crippen molar-refractivity contribution in [2.75, 3.05) is 0 Å². The number of hydrogen-bond donors (Lipinski definition) is 2. The zero-order valence-corrected chi connectivity index (χ0v) is 12.1. The lowest BCUT2D eigenvalue weighted by Crippen LogP contribution is -2.36. The first-order valence-electron chi connectivity index (χ1n) is 6.19. The van der Waals surface area contributed by atoms with Crippen LogP contribution in [0.3, 0.4) is 0 Å². The minimum Gasteiger partial charge on any atom is -0.504 e. The van der Waals surface area contributed by atoms with E-state index in [0.717, 1.165) is 4.57 Å². The molecule has 0 aliphatic heterocycles. The maximum absolute atomic E-state index is 12.2. The highest BCUT2D eigenvalue weighted by molar-refractivity contribution is 6.33. The van der Waals surface area contributed by atoms with Crippen LogP contribution in [-0.2, 0) is 14.1 Å². The molecule has 2 N–H and O–H groups in total. The fraction of sp³-hybridized carbons (Fsp3) is 0.143. The number of nitrogens with one attached hydrogen (secondary N) is 1. The first-order chi connectivity index (χ1) is 9.93. The molecule has 0 aliphatic rings. The molecule has 0 aliphatic carbocycles. The largest absolute Gasteiger partial charge is 0.504 e. The molecule has 0 bridgehead atoms. The maximum atomic E-state index is 12.2. The van der Waals surface area contributed by atoms with Crippen LogP contribution in [0.25, 0.3) is 22.3 Å². The third-order valence-electron chi connectivity index (χ3n) is 3.52. The Kier molecular flexibility index (Phi) is 2.91. The summed E-state index contributed by atoms with van der Waals surface area (Å²) in [4.78, 5) is 27.0. The normalized spacial score (nSPS) is 11.2. The van der Waals surface area contributed by atoms with Crippen molar-refractivity contribution in [3.8, 4) is 17.0 Å². The van der Waals surface area contributed by atoms with Crippen LogP contribution >= 0.6 is 11.6 Å². The Labute approximate surface area is 123 Å². The van der Waals surface area contributed by atoms with Crippen LogP contribution in [0.15, 0.2) is 33.9 Å². The summed E-state index contributed by atoms with van der Waals surface area (Å²) in [6, 6.07) is 6.93. The molecule has 0 unspecified atom stereocenters. The predicted molar refractivity (Wildman–Crippen MR) is 80.9 cm³/mol. The van der Waals surface area contributed by atoms with Crippen molar-refractivity contribution in [2.24, 2.45) is 14.1 Å². The first kappa shape index (κ1) is 13.5. The number of hydrogen-bond acceptors (Lipinski definition) is 3. The zero-order valence-electron chi connectivity index (χ0n) is 11.3. The Morgan fingerprint density at radius 3 is 2.48 bits per heavy atom. The van der Waals surface area contributed by atoms with E-state index in [9.17, 15) is 14.7 Å². The number of aromatic nitrogens is 3. The van der Waals surface area contributed by atoms with Crippen molar-refractivity contribution in [3.63, 3.8) is 0 Å². The van der Waals surface area contributed by atoms with Gasteiger partial charge in [-0.1, -0.05) is 29.8 Å². The van der Waals surface area contributed by atoms with Gasteiger partial charge in [-0.2, -0.15) is 0 Å². The molecule has 6 nitrogen and oxygen atoms in total. The topological polar surface area (TPSA) is 80.0 Å². The van der Waals surface area contributed by atoms with E-state index in [-0.39, 0.29) is 16.8 Å². The number of rotatable bonds is 1. The second-order valence-electron chi connectivity index (χ2n) is 4.76. The van der Waals surface area contributed by atoms with E-state index < -0.39 is 11.2 Å². The smallest absolute Gasteiger partial charge is 0.331 e. The summed E-state index contributed by atoms with van der Waals surface area (Å²) in [7, 11) is 2.88. The second kappa shape index (κ2) is 4.53. The average Bonchev–Trinajstić information content (AvgIpc) is 2.81. The quantitative estimate of drug-likeness (QED) is 0.716. The summed E-state index contributed by atoms with van der Waals surface area (Å²) in [6.45, 7) is 0. The van der Waals surface area contributed by atoms with Crippen molar-refractivity contribution >= 4 is 22.6 Å². The predicted octanol–water partition coefficient (Wildman–Crippen LogP) is 1.59. The molecule has 0 spiro atoms. The highest BCUT2D eigenvalue weighted by Gasteiger charge is 2.20. The molecular formula is C14H12ClN3O3. The Hall–Kier alpha value is -2.47. The van der Waals surface area contributed by atoms with Crippen molar-refractivity contribution < 1.29 is 5.11 Å². The van der Waals surface area contributed by atoms with Gasteiger partial charge in [0.05, 0.1) is 10.7 Å². The molecule has 0 amide bonds. The molecule has 0 fully saturated rings. The second-order valence-corrected chi connectivity index (χ2v) is 5.17. The van der Waals surface area contributed by atoms with E-state index in [1.54, 1.807) is 24.3 Å². The number of nitrogens with zero attached hydrogens (tertiary/aromatic N) is 2. The van der Waals surface area contributed by atoms with E-state index in [2.05, 4.69) is 4.98 Å². The van der Waals surface area contributed by atoms with Gasteiger partial charge in [-0.25, -0.2) is 4.79 Å². The van der Waals surface area contributed by atoms with Gasteiger partial charge in [-0.05, 0) is 6.07 Å². The van der Waals surface area contributed by atoms with Gasteiger partial charge < -0.3 is 10.1 Å². The highest BCUT2D eigenvalue weighted by atomic mass is 35.5. The van der Waals surface area contributed by atoms with Gasteiger partial charge in [0.2, 0.25) is 0 Å². The van der Waals surface area contributed by atoms with Gasteiger partial charge >= 0.3 is 5.69 Å². The number of halogens is 1. The molecule has 7 heteroatoms. The number of aromatic amines is 1. The molecule has 0 atom stereocenters. The van der Waals surface area contributed by atoms with Crippen LogP contribution in [0.2, 0.25) is 5.02 Å². The first-order valence-corrected chi connectivity index (χ1v) is 6.57. The lowest BCUT2D eigenvalue weighted by atomic mass is 10.1. The number of fused-ring (bicyclic) bond motifs is 1. The summed E-state index contributed by atoms with van der Waals surface area (Å²) < 4.78 is 2.21. The van der Waals surface area contributed by atoms with Gasteiger partial charge in [0.15, 0.2) is 5.75 Å². The van der Waals surface area contributed by atoms with Crippen LogP contribution in [0.5, 0.6) is 5.75 Å². The van der Waals surface area contributed by atoms with Gasteiger partial charge in [-0.3, -0.25) is 13.9 Å². The number of H-pyrrole nitrogens is 1. The minimum absolute atomic E-state index is 0.159. The molecule has 0 saturated carbocycles. The Morgan fingerprint density at radius 2 is 1.81 bits per heavy atom. The SMILES string of the molecule is Cn1c(=O)c2[nH]c(-c3ccccc3Cl)c(O)c2n(C)c1=O. The minimum atomic E-state index is -0.507. The van der Waals surface area contributed by atoms with Crippen molar-refractivity contribution in [2.45, 2.75) is 0 Å². The number of benzene rings is 1. The maximum Gasteiger partial charge on any atom is 0.331 e. The molecule has 2 heterocycles. The average molecular weight is 306 g/mol. The van der Waals surface area contributed by atoms with E-state index >= 15 is 0 Å². The third-order valence-corrected chi connectivity index (χ3v) is 3.85. The highest BCUT2D eigenvalue weighted by Crippen LogP contribution is 2.37. The van der Waals surface area contributed by atoms with Gasteiger partial charge in [0, 0.05) is 19.7 Å². The molecule has 0 saturated heterocycles. The fourth-order valence-corrected chi connectivity index (χ4v) is 2.63. The summed E-state index contributed by atoms with van der Waals surface area (Å²) >= 11 is 6.12. The molecule has 21 heavy (non-hydrogen) atoms. The summed E-state index contributed by atoms with van der Waals surface area (Å²) in [6.07, 6.45) is 0. The monoisotopic (exact) mass is 305 g/mol. The summed E-state index contributed by atoms with van der Waals surface area (Å²) in [5.74, 6) is -0.171. The molecule has 2 aromatic heterocycles. The zero-order chi connectivity index (χ0) is 15.3. The van der Waals surface area contributed by atoms with E-state index in [4.69, 9.17) is 11.6 Å². The Morgan fingerprint density at radius 1 is 1.14 bits per heavy atom. The van der Waals surface area contributed by atoms with Crippen molar-refractivity contribution in [3.05, 3.63) is 50.1 Å². The lowest BCUT2D eigenvalue weighted by Gasteiger charge is -2.03. The number of aromatic hydroxyl groups is 1. The van der Waals surface area contributed by atoms with Crippen molar-refractivity contribution in [1.82, 2.24) is 14.1 Å². The molecule has 1 aromatic carbocycles. The van der Waals surface area contributed by atoms with Gasteiger partial charge in [0.1, 0.15) is 11.0 Å². The van der Waals surface area contributed by atoms with Gasteiger partial charge in [-0.15, -0.1) is 0 Å². The van der Waals surface area contributed by atoms with E-state index in [1.165, 1.54) is 18.7 Å². The number of aryl methyl sites for hydroxylation is 1. The third kappa shape index (κ3) is 1.80. The lowest BCUT2D eigenvalue weighted by molar-refractivity contribution is 0.480. The standard InChI is InChI=1S/C14H12ClN3O3/c1-17-11-10(13(20)18(2)14(17)21)16-9(12(11)19)7-5-3-4-6-8(7)15/h3-6,16,19H,1-2H3. The summed E-state index contributed by atoms with van der Waals surface area (Å²) in [5.41, 5.74) is 0.190. The molecule has 108 valence electrons. The fourth-order valence-electron chi connectivity index (χ4n) is 2.40. The summed E-state index contributed by atoms with van der Waals surface area (Å²) in [5, 5.41) is 10.8. The van der Waals surface area contributed by atoms with Crippen LogP contribution in [0.1, 0.15) is 0 Å². The molecule has 3 aromatic rings.